The van der Waals surface area contributed by atoms with Crippen LogP contribution in [0.2, 0.25) is 0 Å². The Morgan fingerprint density at radius 3 is 2.86 bits per heavy atom. The third-order valence-corrected chi connectivity index (χ3v) is 3.55. The fourth-order valence-electron chi connectivity index (χ4n) is 2.42. The van der Waals surface area contributed by atoms with Gasteiger partial charge in [-0.1, -0.05) is 0 Å². The minimum Gasteiger partial charge on any atom is -0.481 e. The van der Waals surface area contributed by atoms with Gasteiger partial charge in [-0.2, -0.15) is 5.26 Å². The number of pyridine rings is 1. The predicted molar refractivity (Wildman–Crippen MR) is 77.1 cm³/mol. The van der Waals surface area contributed by atoms with Crippen molar-refractivity contribution in [2.24, 2.45) is 0 Å². The Labute approximate surface area is 124 Å². The van der Waals surface area contributed by atoms with Crippen LogP contribution >= 0.6 is 0 Å². The van der Waals surface area contributed by atoms with E-state index in [9.17, 15) is 4.79 Å². The van der Waals surface area contributed by atoms with Crippen molar-refractivity contribution in [1.29, 1.82) is 5.26 Å². The topological polar surface area (TPSA) is 86.5 Å². The van der Waals surface area contributed by atoms with Gasteiger partial charge in [0.05, 0.1) is 24.7 Å². The van der Waals surface area contributed by atoms with E-state index < -0.39 is 5.97 Å². The van der Waals surface area contributed by atoms with Crippen LogP contribution in [-0.2, 0) is 9.53 Å². The molecule has 2 rings (SSSR count). The Hall–Kier alpha value is -2.13. The minimum atomic E-state index is -0.838. The summed E-state index contributed by atoms with van der Waals surface area (Å²) >= 11 is 0. The fourth-order valence-corrected chi connectivity index (χ4v) is 2.42. The van der Waals surface area contributed by atoms with Crippen LogP contribution < -0.4 is 4.90 Å². The summed E-state index contributed by atoms with van der Waals surface area (Å²) in [7, 11) is 0. The van der Waals surface area contributed by atoms with Crippen molar-refractivity contribution in [2.75, 3.05) is 24.6 Å². The van der Waals surface area contributed by atoms with Crippen molar-refractivity contribution < 1.29 is 14.6 Å². The van der Waals surface area contributed by atoms with E-state index >= 15 is 0 Å². The molecule has 1 aromatic rings. The SMILES string of the molecule is Cc1ccc(C#N)c(N2CCC(OCCC(=O)O)CC2)n1. The highest BCUT2D eigenvalue weighted by Crippen LogP contribution is 2.23. The molecule has 1 aromatic heterocycles. The van der Waals surface area contributed by atoms with Gasteiger partial charge in [0.15, 0.2) is 0 Å². The number of anilines is 1. The van der Waals surface area contributed by atoms with Crippen molar-refractivity contribution in [3.8, 4) is 6.07 Å². The molecule has 2 heterocycles. The summed E-state index contributed by atoms with van der Waals surface area (Å²) in [5.41, 5.74) is 1.48. The molecule has 0 unspecified atom stereocenters. The third-order valence-electron chi connectivity index (χ3n) is 3.55. The molecule has 1 aliphatic heterocycles. The molecule has 0 atom stereocenters. The zero-order valence-electron chi connectivity index (χ0n) is 12.1. The summed E-state index contributed by atoms with van der Waals surface area (Å²) in [5.74, 6) is -0.100. The maximum atomic E-state index is 10.5. The first-order valence-electron chi connectivity index (χ1n) is 7.06. The molecule has 21 heavy (non-hydrogen) atoms. The Morgan fingerprint density at radius 2 is 2.24 bits per heavy atom. The van der Waals surface area contributed by atoms with Gasteiger partial charge in [0.1, 0.15) is 11.9 Å². The first kappa shape index (κ1) is 15.3. The maximum Gasteiger partial charge on any atom is 0.305 e. The Balaban J connectivity index is 1.91. The van der Waals surface area contributed by atoms with Crippen LogP contribution in [0.5, 0.6) is 0 Å². The molecule has 6 heteroatoms. The number of aromatic nitrogens is 1. The summed E-state index contributed by atoms with van der Waals surface area (Å²) in [6, 6.07) is 5.81. The van der Waals surface area contributed by atoms with Gasteiger partial charge < -0.3 is 14.7 Å². The number of aliphatic carboxylic acids is 1. The number of aryl methyl sites for hydroxylation is 1. The van der Waals surface area contributed by atoms with E-state index in [-0.39, 0.29) is 19.1 Å². The molecular formula is C15H19N3O3. The van der Waals surface area contributed by atoms with Crippen LogP contribution in [0.25, 0.3) is 0 Å². The van der Waals surface area contributed by atoms with Gasteiger partial charge in [-0.3, -0.25) is 4.79 Å². The van der Waals surface area contributed by atoms with Crippen LogP contribution in [0.3, 0.4) is 0 Å². The molecule has 0 radical (unpaired) electrons. The molecule has 0 spiro atoms. The van der Waals surface area contributed by atoms with Crippen molar-refractivity contribution >= 4 is 11.8 Å². The number of hydrogen-bond donors (Lipinski definition) is 1. The zero-order valence-corrected chi connectivity index (χ0v) is 12.1. The van der Waals surface area contributed by atoms with E-state index in [1.807, 2.05) is 13.0 Å². The van der Waals surface area contributed by atoms with E-state index in [2.05, 4.69) is 16.0 Å². The number of carboxylic acid groups (broad SMARTS) is 1. The molecule has 0 bridgehead atoms. The van der Waals surface area contributed by atoms with Gasteiger partial charge in [0.25, 0.3) is 0 Å². The smallest absolute Gasteiger partial charge is 0.305 e. The van der Waals surface area contributed by atoms with Crippen LogP contribution in [0.4, 0.5) is 5.82 Å². The van der Waals surface area contributed by atoms with E-state index in [1.165, 1.54) is 0 Å². The van der Waals surface area contributed by atoms with Gasteiger partial charge in [-0.15, -0.1) is 0 Å². The Kier molecular flexibility index (Phi) is 5.12. The first-order valence-corrected chi connectivity index (χ1v) is 7.06. The highest BCUT2D eigenvalue weighted by atomic mass is 16.5. The normalized spacial score (nSPS) is 15.7. The number of piperidine rings is 1. The quantitative estimate of drug-likeness (QED) is 0.888. The van der Waals surface area contributed by atoms with Crippen molar-refractivity contribution in [3.05, 3.63) is 23.4 Å². The monoisotopic (exact) mass is 289 g/mol. The van der Waals surface area contributed by atoms with Crippen LogP contribution in [0, 0.1) is 18.3 Å². The van der Waals surface area contributed by atoms with Gasteiger partial charge in [-0.25, -0.2) is 4.98 Å². The summed E-state index contributed by atoms with van der Waals surface area (Å²) in [5, 5.41) is 17.8. The standard InChI is InChI=1S/C15H19N3O3/c1-11-2-3-12(10-16)15(17-11)18-7-4-13(5-8-18)21-9-6-14(19)20/h2-3,13H,4-9H2,1H3,(H,19,20). The summed E-state index contributed by atoms with van der Waals surface area (Å²) in [4.78, 5) is 17.0. The average molecular weight is 289 g/mol. The average Bonchev–Trinajstić information content (AvgIpc) is 2.47. The number of rotatable bonds is 5. The highest BCUT2D eigenvalue weighted by Gasteiger charge is 2.22. The largest absolute Gasteiger partial charge is 0.481 e. The second kappa shape index (κ2) is 7.04. The molecule has 6 nitrogen and oxygen atoms in total. The van der Waals surface area contributed by atoms with E-state index in [0.29, 0.717) is 5.56 Å². The molecule has 1 fully saturated rings. The molecule has 1 aliphatic rings. The van der Waals surface area contributed by atoms with Gasteiger partial charge in [-0.05, 0) is 31.9 Å². The number of carboxylic acids is 1. The lowest BCUT2D eigenvalue weighted by Gasteiger charge is -2.33. The molecule has 112 valence electrons. The predicted octanol–water partition coefficient (Wildman–Crippen LogP) is 1.72. The number of ether oxygens (including phenoxy) is 1. The van der Waals surface area contributed by atoms with E-state index in [0.717, 1.165) is 37.4 Å². The Bertz CT molecular complexity index is 546. The van der Waals surface area contributed by atoms with Crippen LogP contribution in [0.15, 0.2) is 12.1 Å². The zero-order chi connectivity index (χ0) is 15.2. The van der Waals surface area contributed by atoms with Crippen LogP contribution in [0.1, 0.15) is 30.5 Å². The molecule has 0 aliphatic carbocycles. The first-order chi connectivity index (χ1) is 10.1. The molecule has 0 amide bonds. The summed E-state index contributed by atoms with van der Waals surface area (Å²) in [6.45, 7) is 3.70. The second-order valence-electron chi connectivity index (χ2n) is 5.14. The molecule has 1 N–H and O–H groups in total. The molecule has 1 saturated heterocycles. The lowest BCUT2D eigenvalue weighted by Crippen LogP contribution is -2.38. The van der Waals surface area contributed by atoms with Gasteiger partial charge in [0, 0.05) is 18.8 Å². The lowest BCUT2D eigenvalue weighted by molar-refractivity contribution is -0.138. The Morgan fingerprint density at radius 1 is 1.52 bits per heavy atom. The van der Waals surface area contributed by atoms with Crippen molar-refractivity contribution in [2.45, 2.75) is 32.3 Å². The van der Waals surface area contributed by atoms with E-state index in [1.54, 1.807) is 6.07 Å². The maximum absolute atomic E-state index is 10.5. The van der Waals surface area contributed by atoms with E-state index in [4.69, 9.17) is 15.1 Å². The lowest BCUT2D eigenvalue weighted by atomic mass is 10.1. The third kappa shape index (κ3) is 4.17. The number of nitrogens with zero attached hydrogens (tertiary/aromatic N) is 3. The number of nitriles is 1. The fraction of sp³-hybridized carbons (Fsp3) is 0.533. The minimum absolute atomic E-state index is 0.0399. The molecule has 0 aromatic carbocycles. The molecular weight excluding hydrogens is 270 g/mol. The number of hydrogen-bond acceptors (Lipinski definition) is 5. The van der Waals surface area contributed by atoms with Gasteiger partial charge >= 0.3 is 5.97 Å². The second-order valence-corrected chi connectivity index (χ2v) is 5.14. The summed E-state index contributed by atoms with van der Waals surface area (Å²) in [6.07, 6.45) is 1.77. The summed E-state index contributed by atoms with van der Waals surface area (Å²) < 4.78 is 5.57. The highest BCUT2D eigenvalue weighted by molar-refractivity contribution is 5.66. The van der Waals surface area contributed by atoms with Gasteiger partial charge in [0.2, 0.25) is 0 Å². The molecule has 0 saturated carbocycles. The van der Waals surface area contributed by atoms with Crippen molar-refractivity contribution in [3.63, 3.8) is 0 Å². The van der Waals surface area contributed by atoms with Crippen molar-refractivity contribution in [1.82, 2.24) is 4.98 Å². The number of carbonyl (C=O) groups is 1. The van der Waals surface area contributed by atoms with Crippen LogP contribution in [-0.4, -0.2) is 41.9 Å².